The smallest absolute Gasteiger partial charge is 0.219 e. The Morgan fingerprint density at radius 3 is 2.58 bits per heavy atom. The van der Waals surface area contributed by atoms with Crippen molar-refractivity contribution in [1.82, 2.24) is 29.7 Å². The van der Waals surface area contributed by atoms with Crippen LogP contribution < -0.4 is 0 Å². The Morgan fingerprint density at radius 2 is 1.83 bits per heavy atom. The van der Waals surface area contributed by atoms with E-state index in [-0.39, 0.29) is 12.4 Å². The lowest BCUT2D eigenvalue weighted by Gasteiger charge is -2.05. The van der Waals surface area contributed by atoms with Gasteiger partial charge in [-0.05, 0) is 12.1 Å². The lowest BCUT2D eigenvalue weighted by molar-refractivity contribution is 0.587. The van der Waals surface area contributed by atoms with Crippen LogP contribution in [0, 0.1) is 5.82 Å². The lowest BCUT2D eigenvalue weighted by atomic mass is 10.2. The van der Waals surface area contributed by atoms with Gasteiger partial charge < -0.3 is 0 Å². The Kier molecular flexibility index (Phi) is 3.80. The Bertz CT molecular complexity index is 952. The molecule has 4 rings (SSSR count). The average molecular weight is 338 g/mol. The van der Waals surface area contributed by atoms with E-state index < -0.39 is 0 Å². The fraction of sp³-hybridized carbons (Fsp3) is 0.0625. The van der Waals surface area contributed by atoms with Crippen LogP contribution in [0.5, 0.6) is 0 Å². The molecule has 3 aromatic heterocycles. The molecule has 0 aliphatic carbocycles. The molecule has 0 aliphatic heterocycles. The number of hydrogen-bond donors (Lipinski definition) is 0. The van der Waals surface area contributed by atoms with E-state index in [1.54, 1.807) is 46.9 Å². The first-order chi connectivity index (χ1) is 11.8. The van der Waals surface area contributed by atoms with Crippen LogP contribution in [0.15, 0.2) is 53.6 Å². The molecule has 0 spiro atoms. The highest BCUT2D eigenvalue weighted by molar-refractivity contribution is 7.07. The summed E-state index contributed by atoms with van der Waals surface area (Å²) in [5.74, 6) is 1.08. The van der Waals surface area contributed by atoms with Crippen LogP contribution in [0.1, 0.15) is 5.56 Å². The minimum Gasteiger partial charge on any atom is -0.241 e. The second-order valence-electron chi connectivity index (χ2n) is 4.95. The van der Waals surface area contributed by atoms with Gasteiger partial charge in [-0.2, -0.15) is 0 Å². The van der Waals surface area contributed by atoms with E-state index in [9.17, 15) is 4.39 Å². The highest BCUT2D eigenvalue weighted by atomic mass is 32.1. The molecular weight excluding hydrogens is 327 g/mol. The van der Waals surface area contributed by atoms with Gasteiger partial charge >= 0.3 is 0 Å². The van der Waals surface area contributed by atoms with Gasteiger partial charge in [0.1, 0.15) is 11.5 Å². The van der Waals surface area contributed by atoms with Crippen molar-refractivity contribution in [3.8, 4) is 23.2 Å². The molecule has 0 amide bonds. The number of rotatable bonds is 4. The van der Waals surface area contributed by atoms with Gasteiger partial charge in [0, 0.05) is 23.3 Å². The van der Waals surface area contributed by atoms with Gasteiger partial charge in [-0.15, -0.1) is 16.4 Å². The van der Waals surface area contributed by atoms with Crippen LogP contribution >= 0.6 is 11.3 Å². The fourth-order valence-corrected chi connectivity index (χ4v) is 2.79. The largest absolute Gasteiger partial charge is 0.241 e. The van der Waals surface area contributed by atoms with Crippen molar-refractivity contribution in [1.29, 1.82) is 0 Å². The zero-order chi connectivity index (χ0) is 16.4. The predicted octanol–water partition coefficient (Wildman–Crippen LogP) is 3.05. The van der Waals surface area contributed by atoms with Crippen LogP contribution in [-0.2, 0) is 6.54 Å². The zero-order valence-corrected chi connectivity index (χ0v) is 13.2. The molecule has 1 aromatic carbocycles. The molecule has 4 aromatic rings. The number of benzene rings is 1. The summed E-state index contributed by atoms with van der Waals surface area (Å²) in [6, 6.07) is 8.32. The molecule has 3 heterocycles. The molecule has 24 heavy (non-hydrogen) atoms. The van der Waals surface area contributed by atoms with Crippen LogP contribution in [-0.4, -0.2) is 29.7 Å². The average Bonchev–Trinajstić information content (AvgIpc) is 3.27. The summed E-state index contributed by atoms with van der Waals surface area (Å²) >= 11 is 1.46. The molecule has 0 bridgehead atoms. The maximum Gasteiger partial charge on any atom is 0.219 e. The van der Waals surface area contributed by atoms with E-state index in [1.807, 2.05) is 5.38 Å². The van der Waals surface area contributed by atoms with E-state index in [1.165, 1.54) is 17.4 Å². The normalized spacial score (nSPS) is 10.9. The monoisotopic (exact) mass is 338 g/mol. The summed E-state index contributed by atoms with van der Waals surface area (Å²) in [7, 11) is 0. The van der Waals surface area contributed by atoms with E-state index >= 15 is 0 Å². The first-order valence-corrected chi connectivity index (χ1v) is 8.10. The van der Waals surface area contributed by atoms with Crippen molar-refractivity contribution in [3.63, 3.8) is 0 Å². The van der Waals surface area contributed by atoms with Crippen molar-refractivity contribution >= 4 is 11.3 Å². The number of thiazole rings is 1. The zero-order valence-electron chi connectivity index (χ0n) is 12.4. The van der Waals surface area contributed by atoms with Gasteiger partial charge in [0.2, 0.25) is 5.82 Å². The molecule has 118 valence electrons. The van der Waals surface area contributed by atoms with E-state index in [4.69, 9.17) is 0 Å². The maximum absolute atomic E-state index is 14.0. The van der Waals surface area contributed by atoms with Gasteiger partial charge in [-0.25, -0.2) is 29.0 Å². The molecular formula is C16H11FN6S. The molecule has 6 nitrogen and oxygen atoms in total. The van der Waals surface area contributed by atoms with Gasteiger partial charge in [-0.3, -0.25) is 0 Å². The van der Waals surface area contributed by atoms with Crippen LogP contribution in [0.4, 0.5) is 4.39 Å². The summed E-state index contributed by atoms with van der Waals surface area (Å²) in [4.78, 5) is 17.1. The predicted molar refractivity (Wildman–Crippen MR) is 87.7 cm³/mol. The summed E-state index contributed by atoms with van der Waals surface area (Å²) in [6.45, 7) is 0.249. The third kappa shape index (κ3) is 2.79. The highest BCUT2D eigenvalue weighted by Crippen LogP contribution is 2.22. The summed E-state index contributed by atoms with van der Waals surface area (Å²) < 4.78 is 15.6. The van der Waals surface area contributed by atoms with Gasteiger partial charge in [0.15, 0.2) is 11.6 Å². The third-order valence-electron chi connectivity index (χ3n) is 3.38. The van der Waals surface area contributed by atoms with E-state index in [0.717, 1.165) is 0 Å². The minimum absolute atomic E-state index is 0.249. The molecule has 8 heteroatoms. The first-order valence-electron chi connectivity index (χ1n) is 7.15. The van der Waals surface area contributed by atoms with Crippen LogP contribution in [0.3, 0.4) is 0 Å². The Balaban J connectivity index is 1.80. The molecule has 0 atom stereocenters. The Hall–Kier alpha value is -3.00. The number of nitrogens with zero attached hydrogens (tertiary/aromatic N) is 6. The number of aromatic nitrogens is 6. The van der Waals surface area contributed by atoms with Gasteiger partial charge in [-0.1, -0.05) is 18.2 Å². The fourth-order valence-electron chi connectivity index (χ4n) is 2.26. The Labute approximate surface area is 140 Å². The molecule has 0 radical (unpaired) electrons. The third-order valence-corrected chi connectivity index (χ3v) is 3.96. The van der Waals surface area contributed by atoms with E-state index in [0.29, 0.717) is 28.7 Å². The van der Waals surface area contributed by atoms with Crippen molar-refractivity contribution in [2.45, 2.75) is 6.54 Å². The van der Waals surface area contributed by atoms with Crippen molar-refractivity contribution in [2.24, 2.45) is 0 Å². The minimum atomic E-state index is -0.283. The summed E-state index contributed by atoms with van der Waals surface area (Å²) in [5, 5.41) is 6.32. The highest BCUT2D eigenvalue weighted by Gasteiger charge is 2.17. The molecule has 0 unspecified atom stereocenters. The van der Waals surface area contributed by atoms with Gasteiger partial charge in [0.25, 0.3) is 0 Å². The number of hydrogen-bond acceptors (Lipinski definition) is 6. The Morgan fingerprint density at radius 1 is 1.00 bits per heavy atom. The molecule has 0 saturated carbocycles. The number of halogens is 1. The quantitative estimate of drug-likeness (QED) is 0.572. The maximum atomic E-state index is 14.0. The molecule has 0 aliphatic rings. The second-order valence-corrected chi connectivity index (χ2v) is 5.67. The molecule has 0 N–H and O–H groups in total. The topological polar surface area (TPSA) is 69.4 Å². The summed E-state index contributed by atoms with van der Waals surface area (Å²) in [5.41, 5.74) is 2.93. The van der Waals surface area contributed by atoms with Crippen molar-refractivity contribution in [2.75, 3.05) is 0 Å². The molecule has 0 fully saturated rings. The molecule has 0 saturated heterocycles. The first kappa shape index (κ1) is 14.6. The van der Waals surface area contributed by atoms with Crippen molar-refractivity contribution in [3.05, 3.63) is 65.0 Å². The van der Waals surface area contributed by atoms with Crippen molar-refractivity contribution < 1.29 is 4.39 Å². The standard InChI is InChI=1S/C16H11FN6S/c17-12-5-2-1-4-11(12)8-23-16(13-9-24-10-20-13)21-15(22-23)14-18-6-3-7-19-14/h1-7,9-10H,8H2. The van der Waals surface area contributed by atoms with E-state index in [2.05, 4.69) is 25.0 Å². The SMILES string of the molecule is Fc1ccccc1Cn1nc(-c2ncccn2)nc1-c1cscn1. The second kappa shape index (κ2) is 6.25. The van der Waals surface area contributed by atoms with Gasteiger partial charge in [0.05, 0.1) is 12.1 Å². The summed E-state index contributed by atoms with van der Waals surface area (Å²) in [6.07, 6.45) is 3.25. The van der Waals surface area contributed by atoms with Crippen LogP contribution in [0.25, 0.3) is 23.2 Å². The lowest BCUT2D eigenvalue weighted by Crippen LogP contribution is -2.06. The van der Waals surface area contributed by atoms with Crippen LogP contribution in [0.2, 0.25) is 0 Å².